The average molecular weight is 416 g/mol. The maximum absolute atomic E-state index is 13.1. The summed E-state index contributed by atoms with van der Waals surface area (Å²) < 4.78 is 0. The zero-order valence-electron chi connectivity index (χ0n) is 17.3. The maximum Gasteiger partial charge on any atom is 0.317 e. The molecule has 10 heteroatoms. The van der Waals surface area contributed by atoms with E-state index >= 15 is 0 Å². The summed E-state index contributed by atoms with van der Waals surface area (Å²) in [6, 6.07) is 1.41. The van der Waals surface area contributed by atoms with Gasteiger partial charge in [-0.15, -0.1) is 0 Å². The number of amides is 5. The highest BCUT2D eigenvalue weighted by molar-refractivity contribution is 5.98. The molecule has 2 aliphatic rings. The van der Waals surface area contributed by atoms with Crippen LogP contribution >= 0.6 is 0 Å². The van der Waals surface area contributed by atoms with Crippen molar-refractivity contribution in [3.05, 3.63) is 30.1 Å². The number of carbonyl (C=O) groups is 4. The van der Waals surface area contributed by atoms with E-state index in [-0.39, 0.29) is 37.0 Å². The molecule has 3 heterocycles. The van der Waals surface area contributed by atoms with Crippen molar-refractivity contribution in [3.8, 4) is 0 Å². The molecule has 0 aromatic carbocycles. The van der Waals surface area contributed by atoms with Crippen molar-refractivity contribution in [2.75, 3.05) is 26.2 Å². The SMILES string of the molecule is CC(C)NC(=O)N1CCN(C(=O)c2cccnc2)C(C(=O)NC2CCCNC2=O)C1. The van der Waals surface area contributed by atoms with E-state index in [1.807, 2.05) is 13.8 Å². The standard InChI is InChI=1S/C20H28N6O4/c1-13(2)23-20(30)25-9-10-26(19(29)14-5-3-7-21-11-14)16(12-25)18(28)24-15-6-4-8-22-17(15)27/h3,5,7,11,13,15-16H,4,6,8-10,12H2,1-2H3,(H,22,27)(H,23,30)(H,24,28). The number of piperazine rings is 1. The van der Waals surface area contributed by atoms with E-state index in [4.69, 9.17) is 0 Å². The van der Waals surface area contributed by atoms with Crippen molar-refractivity contribution in [1.29, 1.82) is 0 Å². The second kappa shape index (κ2) is 9.55. The Morgan fingerprint density at radius 3 is 2.73 bits per heavy atom. The van der Waals surface area contributed by atoms with Crippen molar-refractivity contribution in [2.24, 2.45) is 0 Å². The van der Waals surface area contributed by atoms with Crippen LogP contribution in [-0.2, 0) is 9.59 Å². The van der Waals surface area contributed by atoms with Gasteiger partial charge in [-0.2, -0.15) is 0 Å². The monoisotopic (exact) mass is 416 g/mol. The largest absolute Gasteiger partial charge is 0.354 e. The van der Waals surface area contributed by atoms with Gasteiger partial charge in [-0.1, -0.05) is 0 Å². The third kappa shape index (κ3) is 5.05. The first-order valence-corrected chi connectivity index (χ1v) is 10.2. The van der Waals surface area contributed by atoms with E-state index in [1.165, 1.54) is 16.0 Å². The second-order valence-corrected chi connectivity index (χ2v) is 7.80. The predicted octanol–water partition coefficient (Wildman–Crippen LogP) is -0.279. The Morgan fingerprint density at radius 1 is 1.27 bits per heavy atom. The van der Waals surface area contributed by atoms with Crippen molar-refractivity contribution < 1.29 is 19.2 Å². The molecule has 3 N–H and O–H groups in total. The normalized spacial score (nSPS) is 21.8. The molecule has 30 heavy (non-hydrogen) atoms. The predicted molar refractivity (Wildman–Crippen MR) is 108 cm³/mol. The molecule has 10 nitrogen and oxygen atoms in total. The van der Waals surface area contributed by atoms with Gasteiger partial charge >= 0.3 is 6.03 Å². The van der Waals surface area contributed by atoms with Gasteiger partial charge in [0.05, 0.1) is 12.1 Å². The third-order valence-electron chi connectivity index (χ3n) is 5.15. The molecule has 2 atom stereocenters. The summed E-state index contributed by atoms with van der Waals surface area (Å²) >= 11 is 0. The summed E-state index contributed by atoms with van der Waals surface area (Å²) in [6.45, 7) is 4.85. The van der Waals surface area contributed by atoms with Crippen molar-refractivity contribution >= 4 is 23.8 Å². The Hall–Kier alpha value is -3.17. The minimum absolute atomic E-state index is 0.0464. The molecule has 1 aromatic heterocycles. The van der Waals surface area contributed by atoms with Crippen LogP contribution in [0.1, 0.15) is 37.0 Å². The molecule has 5 amide bonds. The van der Waals surface area contributed by atoms with E-state index in [0.29, 0.717) is 25.1 Å². The van der Waals surface area contributed by atoms with Crippen LogP contribution in [0.5, 0.6) is 0 Å². The fraction of sp³-hybridized carbons (Fsp3) is 0.550. The molecular formula is C20H28N6O4. The Labute approximate surface area is 175 Å². The lowest BCUT2D eigenvalue weighted by Crippen LogP contribution is -2.64. The number of piperidine rings is 1. The first-order chi connectivity index (χ1) is 14.4. The Morgan fingerprint density at radius 2 is 2.07 bits per heavy atom. The van der Waals surface area contributed by atoms with Gasteiger partial charge in [-0.05, 0) is 38.8 Å². The molecule has 3 rings (SSSR count). The lowest BCUT2D eigenvalue weighted by molar-refractivity contribution is -0.133. The zero-order valence-corrected chi connectivity index (χ0v) is 17.3. The Bertz CT molecular complexity index is 800. The number of nitrogens with one attached hydrogen (secondary N) is 3. The molecular weight excluding hydrogens is 388 g/mol. The van der Waals surface area contributed by atoms with E-state index in [2.05, 4.69) is 20.9 Å². The summed E-state index contributed by atoms with van der Waals surface area (Å²) in [5, 5.41) is 8.30. The zero-order chi connectivity index (χ0) is 21.7. The van der Waals surface area contributed by atoms with Crippen molar-refractivity contribution in [2.45, 2.75) is 44.8 Å². The molecule has 0 radical (unpaired) electrons. The summed E-state index contributed by atoms with van der Waals surface area (Å²) in [4.78, 5) is 57.6. The first-order valence-electron chi connectivity index (χ1n) is 10.2. The van der Waals surface area contributed by atoms with Crippen LogP contribution in [0.3, 0.4) is 0 Å². The Kier molecular flexibility index (Phi) is 6.86. The van der Waals surface area contributed by atoms with Gasteiger partial charge in [0.2, 0.25) is 11.8 Å². The molecule has 0 saturated carbocycles. The van der Waals surface area contributed by atoms with Gasteiger partial charge < -0.3 is 25.8 Å². The van der Waals surface area contributed by atoms with Gasteiger partial charge in [0, 0.05) is 38.1 Å². The highest BCUT2D eigenvalue weighted by Crippen LogP contribution is 2.16. The Balaban J connectivity index is 1.78. The summed E-state index contributed by atoms with van der Waals surface area (Å²) in [5.41, 5.74) is 0.366. The molecule has 2 saturated heterocycles. The van der Waals surface area contributed by atoms with Crippen LogP contribution in [0, 0.1) is 0 Å². The van der Waals surface area contributed by atoms with Gasteiger partial charge in [-0.3, -0.25) is 19.4 Å². The number of hydrogen-bond acceptors (Lipinski definition) is 5. The lowest BCUT2D eigenvalue weighted by atomic mass is 10.0. The average Bonchev–Trinajstić information content (AvgIpc) is 2.74. The number of hydrogen-bond donors (Lipinski definition) is 3. The molecule has 2 unspecified atom stereocenters. The van der Waals surface area contributed by atoms with Crippen LogP contribution in [-0.4, -0.2) is 82.8 Å². The van der Waals surface area contributed by atoms with Gasteiger partial charge in [0.15, 0.2) is 0 Å². The second-order valence-electron chi connectivity index (χ2n) is 7.80. The minimum Gasteiger partial charge on any atom is -0.354 e. The highest BCUT2D eigenvalue weighted by Gasteiger charge is 2.39. The van der Waals surface area contributed by atoms with Gasteiger partial charge in [0.25, 0.3) is 5.91 Å². The fourth-order valence-electron chi connectivity index (χ4n) is 3.61. The molecule has 0 spiro atoms. The van der Waals surface area contributed by atoms with E-state index in [1.54, 1.807) is 18.3 Å². The van der Waals surface area contributed by atoms with E-state index < -0.39 is 18.0 Å². The quantitative estimate of drug-likeness (QED) is 0.623. The molecule has 0 aliphatic carbocycles. The van der Waals surface area contributed by atoms with Crippen LogP contribution in [0.4, 0.5) is 4.79 Å². The number of rotatable bonds is 4. The minimum atomic E-state index is -0.904. The van der Waals surface area contributed by atoms with E-state index in [9.17, 15) is 19.2 Å². The third-order valence-corrected chi connectivity index (χ3v) is 5.15. The van der Waals surface area contributed by atoms with Crippen molar-refractivity contribution in [3.63, 3.8) is 0 Å². The molecule has 1 aromatic rings. The van der Waals surface area contributed by atoms with Gasteiger partial charge in [-0.25, -0.2) is 4.79 Å². The molecule has 2 aliphatic heterocycles. The highest BCUT2D eigenvalue weighted by atomic mass is 16.2. The maximum atomic E-state index is 13.1. The van der Waals surface area contributed by atoms with Gasteiger partial charge in [0.1, 0.15) is 12.1 Å². The van der Waals surface area contributed by atoms with E-state index in [0.717, 1.165) is 6.42 Å². The van der Waals surface area contributed by atoms with Crippen LogP contribution in [0.15, 0.2) is 24.5 Å². The first kappa shape index (κ1) is 21.5. The number of urea groups is 1. The summed E-state index contributed by atoms with van der Waals surface area (Å²) in [6.07, 6.45) is 4.32. The number of pyridine rings is 1. The molecule has 162 valence electrons. The molecule has 0 bridgehead atoms. The summed E-state index contributed by atoms with van der Waals surface area (Å²) in [5.74, 6) is -1.01. The molecule has 2 fully saturated rings. The lowest BCUT2D eigenvalue weighted by Gasteiger charge is -2.41. The summed E-state index contributed by atoms with van der Waals surface area (Å²) in [7, 11) is 0. The van der Waals surface area contributed by atoms with Crippen LogP contribution in [0.25, 0.3) is 0 Å². The van der Waals surface area contributed by atoms with Crippen LogP contribution in [0.2, 0.25) is 0 Å². The smallest absolute Gasteiger partial charge is 0.317 e. The van der Waals surface area contributed by atoms with Crippen LogP contribution < -0.4 is 16.0 Å². The number of aromatic nitrogens is 1. The topological polar surface area (TPSA) is 124 Å². The number of carbonyl (C=O) groups excluding carboxylic acids is 4. The fourth-order valence-corrected chi connectivity index (χ4v) is 3.61. The number of nitrogens with zero attached hydrogens (tertiary/aromatic N) is 3. The van der Waals surface area contributed by atoms with Crippen molar-refractivity contribution in [1.82, 2.24) is 30.7 Å².